The number of halogens is 1. The predicted molar refractivity (Wildman–Crippen MR) is 110 cm³/mol. The third-order valence-electron chi connectivity index (χ3n) is 4.26. The van der Waals surface area contributed by atoms with Crippen molar-refractivity contribution in [3.63, 3.8) is 0 Å². The van der Waals surface area contributed by atoms with Gasteiger partial charge in [-0.3, -0.25) is 19.7 Å². The van der Waals surface area contributed by atoms with Crippen LogP contribution in [0.15, 0.2) is 58.7 Å². The van der Waals surface area contributed by atoms with Crippen molar-refractivity contribution in [2.24, 2.45) is 0 Å². The fourth-order valence-electron chi connectivity index (χ4n) is 2.81. The molecule has 0 unspecified atom stereocenters. The van der Waals surface area contributed by atoms with Crippen LogP contribution in [0.1, 0.15) is 15.9 Å². The second-order valence-electron chi connectivity index (χ2n) is 6.28. The van der Waals surface area contributed by atoms with Crippen molar-refractivity contribution >= 4 is 39.5 Å². The molecule has 0 aliphatic carbocycles. The summed E-state index contributed by atoms with van der Waals surface area (Å²) in [7, 11) is 0. The Bertz CT molecular complexity index is 970. The monoisotopic (exact) mass is 459 g/mol. The molecule has 2 amide bonds. The highest BCUT2D eigenvalue weighted by Gasteiger charge is 2.23. The highest BCUT2D eigenvalue weighted by molar-refractivity contribution is 9.10. The summed E-state index contributed by atoms with van der Waals surface area (Å²) in [6.07, 6.45) is 1.45. The summed E-state index contributed by atoms with van der Waals surface area (Å²) in [4.78, 5) is 37.8. The lowest BCUT2D eigenvalue weighted by atomic mass is 10.1. The van der Waals surface area contributed by atoms with Gasteiger partial charge in [-0.1, -0.05) is 34.1 Å². The molecule has 1 fully saturated rings. The average molecular weight is 460 g/mol. The van der Waals surface area contributed by atoms with Crippen LogP contribution < -0.4 is 5.32 Å². The van der Waals surface area contributed by atoms with Crippen molar-refractivity contribution in [1.29, 1.82) is 0 Å². The first kappa shape index (κ1) is 20.7. The molecule has 1 N–H and O–H groups in total. The van der Waals surface area contributed by atoms with Gasteiger partial charge in [0.05, 0.1) is 18.1 Å². The maximum absolute atomic E-state index is 13.0. The molecule has 8 nitrogen and oxygen atoms in total. The Balaban J connectivity index is 1.92. The Labute approximate surface area is 175 Å². The van der Waals surface area contributed by atoms with E-state index >= 15 is 0 Å². The first-order valence-electron chi connectivity index (χ1n) is 8.84. The topological polar surface area (TPSA) is 102 Å². The maximum Gasteiger partial charge on any atom is 0.270 e. The number of carbonyl (C=O) groups excluding carboxylic acids is 2. The second-order valence-corrected chi connectivity index (χ2v) is 7.19. The zero-order valence-electron chi connectivity index (χ0n) is 15.3. The van der Waals surface area contributed by atoms with Crippen LogP contribution >= 0.6 is 15.9 Å². The average Bonchev–Trinajstić information content (AvgIpc) is 2.73. The molecule has 0 saturated carbocycles. The van der Waals surface area contributed by atoms with E-state index in [-0.39, 0.29) is 17.3 Å². The minimum atomic E-state index is -0.513. The molecular weight excluding hydrogens is 442 g/mol. The summed E-state index contributed by atoms with van der Waals surface area (Å²) in [5, 5.41) is 13.7. The number of carbonyl (C=O) groups is 2. The number of nitro benzene ring substituents is 1. The fraction of sp³-hybridized carbons (Fsp3) is 0.200. The lowest BCUT2D eigenvalue weighted by Gasteiger charge is -2.27. The lowest BCUT2D eigenvalue weighted by molar-refractivity contribution is -0.384. The molecule has 1 saturated heterocycles. The molecule has 1 aliphatic heterocycles. The molecule has 0 radical (unpaired) electrons. The largest absolute Gasteiger partial charge is 0.378 e. The van der Waals surface area contributed by atoms with Crippen molar-refractivity contribution < 1.29 is 19.2 Å². The van der Waals surface area contributed by atoms with Gasteiger partial charge < -0.3 is 15.0 Å². The van der Waals surface area contributed by atoms with E-state index in [4.69, 9.17) is 4.74 Å². The number of morpholine rings is 1. The van der Waals surface area contributed by atoms with Gasteiger partial charge in [0.1, 0.15) is 5.70 Å². The number of benzene rings is 2. The molecule has 0 bridgehead atoms. The summed E-state index contributed by atoms with van der Waals surface area (Å²) < 4.78 is 6.00. The van der Waals surface area contributed by atoms with Crippen LogP contribution in [0.5, 0.6) is 0 Å². The van der Waals surface area contributed by atoms with Crippen LogP contribution in [-0.4, -0.2) is 47.9 Å². The SMILES string of the molecule is O=C(N/C(=C/c1cccc([N+](=O)[O-])c1)C(=O)N1CCOCC1)c1cccc(Br)c1. The van der Waals surface area contributed by atoms with Crippen molar-refractivity contribution in [2.45, 2.75) is 0 Å². The van der Waals surface area contributed by atoms with Crippen molar-refractivity contribution in [1.82, 2.24) is 10.2 Å². The molecule has 0 aromatic heterocycles. The van der Waals surface area contributed by atoms with Crippen LogP contribution in [0.3, 0.4) is 0 Å². The van der Waals surface area contributed by atoms with E-state index in [1.807, 2.05) is 0 Å². The van der Waals surface area contributed by atoms with E-state index in [9.17, 15) is 19.7 Å². The van der Waals surface area contributed by atoms with Crippen LogP contribution in [0.2, 0.25) is 0 Å². The zero-order valence-corrected chi connectivity index (χ0v) is 16.9. The van der Waals surface area contributed by atoms with E-state index < -0.39 is 10.8 Å². The van der Waals surface area contributed by atoms with Crippen LogP contribution in [-0.2, 0) is 9.53 Å². The first-order chi connectivity index (χ1) is 13.9. The van der Waals surface area contributed by atoms with Gasteiger partial charge in [-0.05, 0) is 29.8 Å². The molecule has 0 atom stereocenters. The number of non-ortho nitro benzene ring substituents is 1. The number of nitrogens with zero attached hydrogens (tertiary/aromatic N) is 2. The molecule has 0 spiro atoms. The smallest absolute Gasteiger partial charge is 0.270 e. The Kier molecular flexibility index (Phi) is 6.73. The molecule has 2 aromatic carbocycles. The van der Waals surface area contributed by atoms with Gasteiger partial charge in [0.15, 0.2) is 0 Å². The highest BCUT2D eigenvalue weighted by atomic mass is 79.9. The summed E-state index contributed by atoms with van der Waals surface area (Å²) in [5.74, 6) is -0.826. The minimum absolute atomic E-state index is 0.0392. The molecule has 9 heteroatoms. The third-order valence-corrected chi connectivity index (χ3v) is 4.75. The molecule has 1 aliphatic rings. The zero-order chi connectivity index (χ0) is 20.8. The number of nitro groups is 1. The van der Waals surface area contributed by atoms with Crippen molar-refractivity contribution in [2.75, 3.05) is 26.3 Å². The van der Waals surface area contributed by atoms with Crippen molar-refractivity contribution in [3.8, 4) is 0 Å². The predicted octanol–water partition coefficient (Wildman–Crippen LogP) is 2.99. The van der Waals surface area contributed by atoms with Gasteiger partial charge in [-0.15, -0.1) is 0 Å². The van der Waals surface area contributed by atoms with Gasteiger partial charge in [0.25, 0.3) is 17.5 Å². The quantitative estimate of drug-likeness (QED) is 0.420. The number of rotatable bonds is 5. The van der Waals surface area contributed by atoms with Gasteiger partial charge in [-0.25, -0.2) is 0 Å². The van der Waals surface area contributed by atoms with Crippen LogP contribution in [0.4, 0.5) is 5.69 Å². The Morgan fingerprint density at radius 1 is 1.14 bits per heavy atom. The lowest BCUT2D eigenvalue weighted by Crippen LogP contribution is -2.44. The number of hydrogen-bond acceptors (Lipinski definition) is 5. The summed E-state index contributed by atoms with van der Waals surface area (Å²) in [5.41, 5.74) is 0.747. The van der Waals surface area contributed by atoms with E-state index in [2.05, 4.69) is 21.2 Å². The Morgan fingerprint density at radius 2 is 1.86 bits per heavy atom. The molecule has 2 aromatic rings. The maximum atomic E-state index is 13.0. The van der Waals surface area contributed by atoms with Gasteiger partial charge in [0.2, 0.25) is 0 Å². The van der Waals surface area contributed by atoms with Gasteiger partial charge in [-0.2, -0.15) is 0 Å². The van der Waals surface area contributed by atoms with Gasteiger partial charge >= 0.3 is 0 Å². The summed E-state index contributed by atoms with van der Waals surface area (Å²) in [6, 6.07) is 12.6. The fourth-order valence-corrected chi connectivity index (χ4v) is 3.21. The standard InChI is InChI=1S/C20H18BrN3O5/c21-16-5-2-4-15(13-16)19(25)22-18(20(26)23-7-9-29-10-8-23)12-14-3-1-6-17(11-14)24(27)28/h1-6,11-13H,7-10H2,(H,22,25)/b18-12+. The second kappa shape index (κ2) is 9.44. The number of hydrogen-bond donors (Lipinski definition) is 1. The molecule has 3 rings (SSSR count). The number of amides is 2. The summed E-state index contributed by atoms with van der Waals surface area (Å²) in [6.45, 7) is 1.63. The van der Waals surface area contributed by atoms with Crippen LogP contribution in [0.25, 0.3) is 6.08 Å². The minimum Gasteiger partial charge on any atom is -0.378 e. The Hall–Kier alpha value is -3.04. The summed E-state index contributed by atoms with van der Waals surface area (Å²) >= 11 is 3.32. The van der Waals surface area contributed by atoms with Crippen molar-refractivity contribution in [3.05, 3.63) is 79.9 Å². The molecule has 1 heterocycles. The van der Waals surface area contributed by atoms with E-state index in [1.165, 1.54) is 24.3 Å². The van der Waals surface area contributed by atoms with Crippen LogP contribution in [0, 0.1) is 10.1 Å². The number of nitrogens with one attached hydrogen (secondary N) is 1. The third kappa shape index (κ3) is 5.49. The first-order valence-corrected chi connectivity index (χ1v) is 9.63. The van der Waals surface area contributed by atoms with E-state index in [1.54, 1.807) is 35.2 Å². The molecular formula is C20H18BrN3O5. The molecule has 150 valence electrons. The highest BCUT2D eigenvalue weighted by Crippen LogP contribution is 2.17. The normalized spacial score (nSPS) is 14.4. The molecule has 29 heavy (non-hydrogen) atoms. The van der Waals surface area contributed by atoms with Gasteiger partial charge in [0, 0.05) is 35.3 Å². The van der Waals surface area contributed by atoms with E-state index in [0.29, 0.717) is 37.4 Å². The Morgan fingerprint density at radius 3 is 2.55 bits per heavy atom. The number of ether oxygens (including phenoxy) is 1. The van der Waals surface area contributed by atoms with E-state index in [0.717, 1.165) is 4.47 Å².